The Morgan fingerprint density at radius 3 is 2.40 bits per heavy atom. The summed E-state index contributed by atoms with van der Waals surface area (Å²) in [5.74, 6) is -0.281. The normalized spacial score (nSPS) is 19.9. The summed E-state index contributed by atoms with van der Waals surface area (Å²) in [6, 6.07) is 6.32. The van der Waals surface area contributed by atoms with Crippen LogP contribution in [-0.2, 0) is 11.2 Å². The van der Waals surface area contributed by atoms with Crippen molar-refractivity contribution in [2.45, 2.75) is 12.5 Å². The molecule has 1 aliphatic heterocycles. The maximum Gasteiger partial charge on any atom is 0.322 e. The Labute approximate surface area is 86.6 Å². The predicted octanol–water partition coefficient (Wildman–Crippen LogP) is 0.0193. The van der Waals surface area contributed by atoms with Crippen LogP contribution in [0.5, 0.6) is 0 Å². The third kappa shape index (κ3) is 2.07. The Kier molecular flexibility index (Phi) is 2.29. The van der Waals surface area contributed by atoms with Gasteiger partial charge in [-0.3, -0.25) is 10.1 Å². The summed E-state index contributed by atoms with van der Waals surface area (Å²) < 4.78 is 0. The highest BCUT2D eigenvalue weighted by Gasteiger charge is 2.29. The van der Waals surface area contributed by atoms with Gasteiger partial charge in [0, 0.05) is 12.1 Å². The van der Waals surface area contributed by atoms with Gasteiger partial charge in [-0.25, -0.2) is 4.79 Å². The Balaban J connectivity index is 2.06. The van der Waals surface area contributed by atoms with Gasteiger partial charge in [0.25, 0.3) is 5.91 Å². The van der Waals surface area contributed by atoms with Crippen molar-refractivity contribution >= 4 is 17.6 Å². The third-order valence-electron chi connectivity index (χ3n) is 2.28. The molecule has 1 aromatic rings. The minimum Gasteiger partial charge on any atom is -0.399 e. The molecular formula is C10H11N3O2. The number of hydrogen-bond donors (Lipinski definition) is 3. The molecule has 0 unspecified atom stereocenters. The summed E-state index contributed by atoms with van der Waals surface area (Å²) in [6.45, 7) is 0. The van der Waals surface area contributed by atoms with Gasteiger partial charge in [-0.2, -0.15) is 0 Å². The minimum atomic E-state index is -0.471. The van der Waals surface area contributed by atoms with Crippen molar-refractivity contribution in [1.29, 1.82) is 0 Å². The molecule has 5 heteroatoms. The summed E-state index contributed by atoms with van der Waals surface area (Å²) in [7, 11) is 0. The van der Waals surface area contributed by atoms with Crippen molar-refractivity contribution in [3.8, 4) is 0 Å². The second kappa shape index (κ2) is 3.61. The number of urea groups is 1. The van der Waals surface area contributed by atoms with E-state index in [2.05, 4.69) is 10.6 Å². The van der Waals surface area contributed by atoms with E-state index in [1.54, 1.807) is 12.1 Å². The average molecular weight is 205 g/mol. The van der Waals surface area contributed by atoms with Crippen LogP contribution in [0, 0.1) is 0 Å². The number of nitrogen functional groups attached to an aromatic ring is 1. The Morgan fingerprint density at radius 2 is 1.87 bits per heavy atom. The third-order valence-corrected chi connectivity index (χ3v) is 2.28. The van der Waals surface area contributed by atoms with Crippen molar-refractivity contribution in [3.05, 3.63) is 29.8 Å². The molecule has 1 aromatic carbocycles. The van der Waals surface area contributed by atoms with E-state index in [0.29, 0.717) is 12.1 Å². The summed E-state index contributed by atoms with van der Waals surface area (Å²) >= 11 is 0. The second-order valence-electron chi connectivity index (χ2n) is 3.46. The lowest BCUT2D eigenvalue weighted by Crippen LogP contribution is -2.31. The number of rotatable bonds is 2. The van der Waals surface area contributed by atoms with Crippen LogP contribution in [0.1, 0.15) is 5.56 Å². The number of hydrogen-bond acceptors (Lipinski definition) is 3. The van der Waals surface area contributed by atoms with E-state index in [4.69, 9.17) is 5.73 Å². The van der Waals surface area contributed by atoms with Crippen LogP contribution in [0.4, 0.5) is 10.5 Å². The number of nitrogens with two attached hydrogens (primary N) is 1. The fraction of sp³-hybridized carbons (Fsp3) is 0.200. The molecule has 0 aromatic heterocycles. The summed E-state index contributed by atoms with van der Waals surface area (Å²) in [5, 5.41) is 4.72. The first kappa shape index (κ1) is 9.51. The summed E-state index contributed by atoms with van der Waals surface area (Å²) in [4.78, 5) is 22.1. The van der Waals surface area contributed by atoms with E-state index in [9.17, 15) is 9.59 Å². The molecule has 0 saturated carbocycles. The van der Waals surface area contributed by atoms with Crippen molar-refractivity contribution in [2.75, 3.05) is 5.73 Å². The lowest BCUT2D eigenvalue weighted by atomic mass is 10.1. The van der Waals surface area contributed by atoms with Crippen molar-refractivity contribution < 1.29 is 9.59 Å². The fourth-order valence-corrected chi connectivity index (χ4v) is 1.49. The molecule has 5 nitrogen and oxygen atoms in total. The van der Waals surface area contributed by atoms with Gasteiger partial charge in [-0.05, 0) is 17.7 Å². The van der Waals surface area contributed by atoms with E-state index in [0.717, 1.165) is 5.56 Å². The molecule has 0 bridgehead atoms. The van der Waals surface area contributed by atoms with E-state index >= 15 is 0 Å². The topological polar surface area (TPSA) is 84.2 Å². The first-order chi connectivity index (χ1) is 7.15. The molecule has 3 amide bonds. The lowest BCUT2D eigenvalue weighted by Gasteiger charge is -2.06. The minimum absolute atomic E-state index is 0.281. The molecule has 0 aliphatic carbocycles. The number of carbonyl (C=O) groups is 2. The molecule has 2 rings (SSSR count). The lowest BCUT2D eigenvalue weighted by molar-refractivity contribution is -0.120. The first-order valence-corrected chi connectivity index (χ1v) is 4.61. The Bertz CT molecular complexity index is 400. The molecule has 1 aliphatic rings. The van der Waals surface area contributed by atoms with Gasteiger partial charge in [0.05, 0.1) is 0 Å². The SMILES string of the molecule is Nc1ccc(C[C@H]2NC(=O)NC2=O)cc1. The zero-order chi connectivity index (χ0) is 10.8. The highest BCUT2D eigenvalue weighted by atomic mass is 16.2. The highest BCUT2D eigenvalue weighted by Crippen LogP contribution is 2.09. The van der Waals surface area contributed by atoms with Crippen molar-refractivity contribution in [3.63, 3.8) is 0 Å². The van der Waals surface area contributed by atoms with Crippen molar-refractivity contribution in [2.24, 2.45) is 0 Å². The van der Waals surface area contributed by atoms with E-state index in [-0.39, 0.29) is 5.91 Å². The number of nitrogens with one attached hydrogen (secondary N) is 2. The molecule has 0 radical (unpaired) electrons. The highest BCUT2D eigenvalue weighted by molar-refractivity contribution is 6.04. The van der Waals surface area contributed by atoms with Gasteiger partial charge in [-0.1, -0.05) is 12.1 Å². The standard InChI is InChI=1S/C10H11N3O2/c11-7-3-1-6(2-4-7)5-8-9(14)13-10(15)12-8/h1-4,8H,5,11H2,(H2,12,13,14,15)/t8-/m1/s1. The summed E-state index contributed by atoms with van der Waals surface area (Å²) in [6.07, 6.45) is 0.484. The molecule has 1 saturated heterocycles. The molecule has 4 N–H and O–H groups in total. The van der Waals surface area contributed by atoms with Gasteiger partial charge in [-0.15, -0.1) is 0 Å². The van der Waals surface area contributed by atoms with Gasteiger partial charge in [0.15, 0.2) is 0 Å². The van der Waals surface area contributed by atoms with Gasteiger partial charge in [0.1, 0.15) is 6.04 Å². The van der Waals surface area contributed by atoms with Crippen LogP contribution < -0.4 is 16.4 Å². The van der Waals surface area contributed by atoms with Crippen LogP contribution >= 0.6 is 0 Å². The molecule has 0 spiro atoms. The average Bonchev–Trinajstić information content (AvgIpc) is 2.49. The molecule has 1 atom stereocenters. The largest absolute Gasteiger partial charge is 0.399 e. The van der Waals surface area contributed by atoms with Gasteiger partial charge < -0.3 is 11.1 Å². The molecule has 15 heavy (non-hydrogen) atoms. The number of benzene rings is 1. The van der Waals surface area contributed by atoms with E-state index in [1.807, 2.05) is 12.1 Å². The van der Waals surface area contributed by atoms with Crippen LogP contribution in [0.15, 0.2) is 24.3 Å². The van der Waals surface area contributed by atoms with Crippen LogP contribution in [0.25, 0.3) is 0 Å². The maximum absolute atomic E-state index is 11.2. The number of anilines is 1. The fourth-order valence-electron chi connectivity index (χ4n) is 1.49. The van der Waals surface area contributed by atoms with Crippen LogP contribution in [0.2, 0.25) is 0 Å². The summed E-state index contributed by atoms with van der Waals surface area (Å²) in [5.41, 5.74) is 7.18. The van der Waals surface area contributed by atoms with Gasteiger partial charge in [0.2, 0.25) is 0 Å². The predicted molar refractivity (Wildman–Crippen MR) is 55.0 cm³/mol. The monoisotopic (exact) mass is 205 g/mol. The van der Waals surface area contributed by atoms with E-state index in [1.165, 1.54) is 0 Å². The van der Waals surface area contributed by atoms with Crippen LogP contribution in [-0.4, -0.2) is 18.0 Å². The smallest absolute Gasteiger partial charge is 0.322 e. The molecule has 1 heterocycles. The molecule has 78 valence electrons. The number of imide groups is 1. The zero-order valence-electron chi connectivity index (χ0n) is 7.99. The molecule has 1 fully saturated rings. The maximum atomic E-state index is 11.2. The second-order valence-corrected chi connectivity index (χ2v) is 3.46. The number of carbonyl (C=O) groups excluding carboxylic acids is 2. The van der Waals surface area contributed by atoms with Crippen LogP contribution in [0.3, 0.4) is 0 Å². The van der Waals surface area contributed by atoms with Gasteiger partial charge >= 0.3 is 6.03 Å². The van der Waals surface area contributed by atoms with Crippen molar-refractivity contribution in [1.82, 2.24) is 10.6 Å². The first-order valence-electron chi connectivity index (χ1n) is 4.61. The Morgan fingerprint density at radius 1 is 1.20 bits per heavy atom. The number of amides is 3. The van der Waals surface area contributed by atoms with E-state index < -0.39 is 12.1 Å². The zero-order valence-corrected chi connectivity index (χ0v) is 7.99. The Hall–Kier alpha value is -2.04. The molecular weight excluding hydrogens is 194 g/mol. The quantitative estimate of drug-likeness (QED) is 0.470.